The Bertz CT molecular complexity index is 686. The quantitative estimate of drug-likeness (QED) is 0.909. The predicted molar refractivity (Wildman–Crippen MR) is 93.8 cm³/mol. The Hall–Kier alpha value is -2.37. The van der Waals surface area contributed by atoms with Gasteiger partial charge in [0.1, 0.15) is 11.3 Å². The van der Waals surface area contributed by atoms with Crippen LogP contribution in [-0.4, -0.2) is 33.2 Å². The van der Waals surface area contributed by atoms with Gasteiger partial charge in [0.25, 0.3) is 0 Å². The minimum absolute atomic E-state index is 0.424. The lowest BCUT2D eigenvalue weighted by Gasteiger charge is -2.19. The molecule has 2 aromatic rings. The summed E-state index contributed by atoms with van der Waals surface area (Å²) < 4.78 is 6.91. The third-order valence-electron chi connectivity index (χ3n) is 3.40. The highest BCUT2D eigenvalue weighted by Crippen LogP contribution is 2.22. The van der Waals surface area contributed by atoms with E-state index in [1.807, 2.05) is 39.1 Å². The van der Waals surface area contributed by atoms with Gasteiger partial charge >= 0.3 is 6.09 Å². The summed E-state index contributed by atoms with van der Waals surface area (Å²) in [6, 6.07) is 8.31. The van der Waals surface area contributed by atoms with Crippen molar-refractivity contribution in [1.82, 2.24) is 20.3 Å². The number of carbonyl (C=O) groups excluding carboxylic acids is 1. The lowest BCUT2D eigenvalue weighted by atomic mass is 10.00. The lowest BCUT2D eigenvalue weighted by molar-refractivity contribution is 0.0525. The number of hydrogen-bond donors (Lipinski definition) is 1. The first-order chi connectivity index (χ1) is 11.2. The molecule has 6 nitrogen and oxygen atoms in total. The van der Waals surface area contributed by atoms with Crippen LogP contribution in [0.4, 0.5) is 4.79 Å². The van der Waals surface area contributed by atoms with Crippen molar-refractivity contribution in [1.29, 1.82) is 0 Å². The zero-order valence-electron chi connectivity index (χ0n) is 15.0. The van der Waals surface area contributed by atoms with Crippen molar-refractivity contribution < 1.29 is 9.53 Å². The summed E-state index contributed by atoms with van der Waals surface area (Å²) in [5.74, 6) is 0.470. The first-order valence-electron chi connectivity index (χ1n) is 8.22. The first kappa shape index (κ1) is 18.0. The normalized spacial score (nSPS) is 11.6. The minimum Gasteiger partial charge on any atom is -0.444 e. The topological polar surface area (TPSA) is 69.0 Å². The SMILES string of the molecule is CC(C)c1cccc(-c2cn(CCNC(=O)OC(C)(C)C)nn2)c1. The molecule has 1 amide bonds. The number of ether oxygens (including phenoxy) is 1. The van der Waals surface area contributed by atoms with Gasteiger partial charge in [0.15, 0.2) is 0 Å². The maximum Gasteiger partial charge on any atom is 0.407 e. The largest absolute Gasteiger partial charge is 0.444 e. The fourth-order valence-electron chi connectivity index (χ4n) is 2.18. The van der Waals surface area contributed by atoms with E-state index in [2.05, 4.69) is 41.6 Å². The van der Waals surface area contributed by atoms with E-state index in [0.29, 0.717) is 19.0 Å². The van der Waals surface area contributed by atoms with E-state index in [1.165, 1.54) is 5.56 Å². The van der Waals surface area contributed by atoms with Gasteiger partial charge < -0.3 is 10.1 Å². The molecule has 0 radical (unpaired) electrons. The molecular formula is C18H26N4O2. The fraction of sp³-hybridized carbons (Fsp3) is 0.500. The van der Waals surface area contributed by atoms with Gasteiger partial charge in [0, 0.05) is 12.1 Å². The van der Waals surface area contributed by atoms with Crippen molar-refractivity contribution in [2.75, 3.05) is 6.54 Å². The highest BCUT2D eigenvalue weighted by atomic mass is 16.6. The van der Waals surface area contributed by atoms with E-state index in [9.17, 15) is 4.79 Å². The van der Waals surface area contributed by atoms with Crippen LogP contribution in [0.25, 0.3) is 11.3 Å². The van der Waals surface area contributed by atoms with Crippen molar-refractivity contribution >= 4 is 6.09 Å². The zero-order valence-corrected chi connectivity index (χ0v) is 15.0. The highest BCUT2D eigenvalue weighted by molar-refractivity contribution is 5.67. The van der Waals surface area contributed by atoms with Crippen LogP contribution in [0.5, 0.6) is 0 Å². The van der Waals surface area contributed by atoms with Crippen LogP contribution in [0, 0.1) is 0 Å². The van der Waals surface area contributed by atoms with Crippen LogP contribution < -0.4 is 5.32 Å². The standard InChI is InChI=1S/C18H26N4O2/c1-13(2)14-7-6-8-15(11-14)16-12-22(21-20-16)10-9-19-17(23)24-18(3,4)5/h6-8,11-13H,9-10H2,1-5H3,(H,19,23). The predicted octanol–water partition coefficient (Wildman–Crippen LogP) is 3.59. The zero-order chi connectivity index (χ0) is 17.7. The summed E-state index contributed by atoms with van der Waals surface area (Å²) in [4.78, 5) is 11.6. The molecule has 1 aromatic heterocycles. The summed E-state index contributed by atoms with van der Waals surface area (Å²) in [5, 5.41) is 11.0. The number of alkyl carbamates (subject to hydrolysis) is 1. The third-order valence-corrected chi connectivity index (χ3v) is 3.40. The molecule has 0 atom stereocenters. The van der Waals surface area contributed by atoms with Gasteiger partial charge in [0.05, 0.1) is 12.7 Å². The lowest BCUT2D eigenvalue weighted by Crippen LogP contribution is -2.34. The van der Waals surface area contributed by atoms with Crippen LogP contribution in [0.1, 0.15) is 46.1 Å². The van der Waals surface area contributed by atoms with Gasteiger partial charge in [-0.2, -0.15) is 0 Å². The van der Waals surface area contributed by atoms with Crippen molar-refractivity contribution in [2.24, 2.45) is 0 Å². The van der Waals surface area contributed by atoms with E-state index < -0.39 is 11.7 Å². The number of nitrogens with one attached hydrogen (secondary N) is 1. The van der Waals surface area contributed by atoms with Crippen LogP contribution in [0.2, 0.25) is 0 Å². The van der Waals surface area contributed by atoms with Crippen molar-refractivity contribution in [3.63, 3.8) is 0 Å². The summed E-state index contributed by atoms with van der Waals surface area (Å²) in [6.45, 7) is 10.8. The van der Waals surface area contributed by atoms with Crippen LogP contribution in [0.3, 0.4) is 0 Å². The molecule has 0 aliphatic heterocycles. The van der Waals surface area contributed by atoms with Gasteiger partial charge in [-0.25, -0.2) is 4.79 Å². The minimum atomic E-state index is -0.494. The van der Waals surface area contributed by atoms with E-state index in [0.717, 1.165) is 11.3 Å². The molecule has 0 unspecified atom stereocenters. The third kappa shape index (κ3) is 5.37. The van der Waals surface area contributed by atoms with Gasteiger partial charge in [-0.3, -0.25) is 4.68 Å². The number of amides is 1. The Balaban J connectivity index is 1.92. The maximum atomic E-state index is 11.6. The van der Waals surface area contributed by atoms with Gasteiger partial charge in [-0.1, -0.05) is 37.3 Å². The number of nitrogens with zero attached hydrogens (tertiary/aromatic N) is 3. The Morgan fingerprint density at radius 3 is 2.75 bits per heavy atom. The molecule has 1 N–H and O–H groups in total. The number of hydrogen-bond acceptors (Lipinski definition) is 4. The van der Waals surface area contributed by atoms with Gasteiger partial charge in [-0.05, 0) is 38.3 Å². The van der Waals surface area contributed by atoms with Crippen molar-refractivity contribution in [3.05, 3.63) is 36.0 Å². The number of rotatable bonds is 5. The van der Waals surface area contributed by atoms with E-state index in [1.54, 1.807) is 4.68 Å². The molecular weight excluding hydrogens is 304 g/mol. The van der Waals surface area contributed by atoms with E-state index in [4.69, 9.17) is 4.74 Å². The molecule has 0 spiro atoms. The molecule has 0 aliphatic rings. The Kier molecular flexibility index (Phi) is 5.59. The first-order valence-corrected chi connectivity index (χ1v) is 8.22. The number of carbonyl (C=O) groups is 1. The van der Waals surface area contributed by atoms with Crippen LogP contribution >= 0.6 is 0 Å². The average molecular weight is 330 g/mol. The molecule has 0 saturated heterocycles. The molecule has 0 bridgehead atoms. The van der Waals surface area contributed by atoms with Gasteiger partial charge in [0.2, 0.25) is 0 Å². The molecule has 0 aliphatic carbocycles. The van der Waals surface area contributed by atoms with Crippen molar-refractivity contribution in [3.8, 4) is 11.3 Å². The van der Waals surface area contributed by atoms with Crippen LogP contribution in [-0.2, 0) is 11.3 Å². The van der Waals surface area contributed by atoms with Crippen molar-refractivity contribution in [2.45, 2.75) is 52.7 Å². The molecule has 6 heteroatoms. The summed E-state index contributed by atoms with van der Waals surface area (Å²) in [6.07, 6.45) is 1.46. The molecule has 1 heterocycles. The average Bonchev–Trinajstić information content (AvgIpc) is 2.94. The highest BCUT2D eigenvalue weighted by Gasteiger charge is 2.15. The maximum absolute atomic E-state index is 11.6. The molecule has 1 aromatic carbocycles. The van der Waals surface area contributed by atoms with E-state index in [-0.39, 0.29) is 0 Å². The molecule has 2 rings (SSSR count). The monoisotopic (exact) mass is 330 g/mol. The second-order valence-electron chi connectivity index (χ2n) is 7.08. The van der Waals surface area contributed by atoms with E-state index >= 15 is 0 Å². The molecule has 0 fully saturated rings. The molecule has 0 saturated carbocycles. The number of benzene rings is 1. The molecule has 24 heavy (non-hydrogen) atoms. The smallest absolute Gasteiger partial charge is 0.407 e. The Labute approximate surface area is 143 Å². The fourth-order valence-corrected chi connectivity index (χ4v) is 2.18. The second-order valence-corrected chi connectivity index (χ2v) is 7.08. The van der Waals surface area contributed by atoms with Crippen LogP contribution in [0.15, 0.2) is 30.5 Å². The number of aromatic nitrogens is 3. The Morgan fingerprint density at radius 2 is 2.08 bits per heavy atom. The Morgan fingerprint density at radius 1 is 1.33 bits per heavy atom. The summed E-state index contributed by atoms with van der Waals surface area (Å²) in [5.41, 5.74) is 2.65. The summed E-state index contributed by atoms with van der Waals surface area (Å²) >= 11 is 0. The molecule has 130 valence electrons. The van der Waals surface area contributed by atoms with Gasteiger partial charge in [-0.15, -0.1) is 5.10 Å². The second kappa shape index (κ2) is 7.47. The summed E-state index contributed by atoms with van der Waals surface area (Å²) in [7, 11) is 0.